The summed E-state index contributed by atoms with van der Waals surface area (Å²) in [5.41, 5.74) is 3.55. The van der Waals surface area contributed by atoms with Crippen molar-refractivity contribution in [1.82, 2.24) is 10.9 Å². The number of carbonyl (C=O) groups is 2. The van der Waals surface area contributed by atoms with Crippen molar-refractivity contribution in [3.63, 3.8) is 0 Å². The SMILES string of the molecule is O=CNNC(=O)c1cc([N+](=O)[O-])ccc1Cl. The molecule has 1 aromatic carbocycles. The van der Waals surface area contributed by atoms with E-state index < -0.39 is 10.8 Å². The fourth-order valence-electron chi connectivity index (χ4n) is 0.963. The van der Waals surface area contributed by atoms with Gasteiger partial charge in [0.15, 0.2) is 0 Å². The third-order valence-electron chi connectivity index (χ3n) is 1.65. The van der Waals surface area contributed by atoms with Gasteiger partial charge in [0.2, 0.25) is 6.41 Å². The molecule has 7 nitrogen and oxygen atoms in total. The molecule has 0 atom stereocenters. The molecule has 0 bridgehead atoms. The Morgan fingerprint density at radius 2 is 2.19 bits per heavy atom. The first-order valence-electron chi connectivity index (χ1n) is 3.99. The van der Waals surface area contributed by atoms with Crippen molar-refractivity contribution in [2.75, 3.05) is 0 Å². The van der Waals surface area contributed by atoms with Crippen LogP contribution in [0.15, 0.2) is 18.2 Å². The van der Waals surface area contributed by atoms with Gasteiger partial charge in [0.25, 0.3) is 11.6 Å². The first-order valence-corrected chi connectivity index (χ1v) is 4.37. The number of nitrogens with zero attached hydrogens (tertiary/aromatic N) is 1. The van der Waals surface area contributed by atoms with E-state index in [0.717, 1.165) is 6.07 Å². The van der Waals surface area contributed by atoms with Crippen molar-refractivity contribution in [1.29, 1.82) is 0 Å². The van der Waals surface area contributed by atoms with Crippen LogP contribution in [0, 0.1) is 10.1 Å². The number of hydrazine groups is 1. The Balaban J connectivity index is 3.02. The van der Waals surface area contributed by atoms with Crippen LogP contribution >= 0.6 is 11.6 Å². The number of nitro benzene ring substituents is 1. The molecule has 0 aliphatic carbocycles. The summed E-state index contributed by atoms with van der Waals surface area (Å²) in [6.07, 6.45) is 0.253. The van der Waals surface area contributed by atoms with Crippen molar-refractivity contribution in [3.8, 4) is 0 Å². The predicted molar refractivity (Wildman–Crippen MR) is 54.8 cm³/mol. The van der Waals surface area contributed by atoms with Gasteiger partial charge < -0.3 is 0 Å². The number of hydrogen-bond acceptors (Lipinski definition) is 4. The standard InChI is InChI=1S/C8H6ClN3O4/c9-7-2-1-5(12(15)16)3-6(7)8(14)11-10-4-13/h1-4H,(H,10,13)(H,11,14). The zero-order valence-corrected chi connectivity index (χ0v) is 8.52. The lowest BCUT2D eigenvalue weighted by atomic mass is 10.2. The normalized spacial score (nSPS) is 9.31. The molecule has 0 radical (unpaired) electrons. The van der Waals surface area contributed by atoms with Crippen LogP contribution in [-0.4, -0.2) is 17.2 Å². The van der Waals surface area contributed by atoms with E-state index >= 15 is 0 Å². The molecular formula is C8H6ClN3O4. The van der Waals surface area contributed by atoms with Gasteiger partial charge in [-0.05, 0) is 6.07 Å². The molecule has 16 heavy (non-hydrogen) atoms. The number of benzene rings is 1. The maximum atomic E-state index is 11.4. The van der Waals surface area contributed by atoms with Gasteiger partial charge >= 0.3 is 0 Å². The van der Waals surface area contributed by atoms with Gasteiger partial charge in [0, 0.05) is 12.1 Å². The highest BCUT2D eigenvalue weighted by molar-refractivity contribution is 6.33. The topological polar surface area (TPSA) is 101 Å². The second kappa shape index (κ2) is 5.08. The number of non-ortho nitro benzene ring substituents is 1. The minimum absolute atomic E-state index is 0.0517. The Hall–Kier alpha value is -2.15. The molecule has 0 fully saturated rings. The minimum Gasteiger partial charge on any atom is -0.277 e. The van der Waals surface area contributed by atoms with Gasteiger partial charge in [-0.3, -0.25) is 30.6 Å². The van der Waals surface area contributed by atoms with Crippen LogP contribution in [0.2, 0.25) is 5.02 Å². The summed E-state index contributed by atoms with van der Waals surface area (Å²) in [5.74, 6) is -0.735. The van der Waals surface area contributed by atoms with E-state index in [9.17, 15) is 19.7 Å². The van der Waals surface area contributed by atoms with Crippen LogP contribution in [0.4, 0.5) is 5.69 Å². The van der Waals surface area contributed by atoms with Gasteiger partial charge in [0.1, 0.15) is 0 Å². The third kappa shape index (κ3) is 2.67. The highest BCUT2D eigenvalue weighted by atomic mass is 35.5. The molecule has 84 valence electrons. The Labute approximate surface area is 94.5 Å². The van der Waals surface area contributed by atoms with Crippen molar-refractivity contribution in [3.05, 3.63) is 38.9 Å². The summed E-state index contributed by atoms with van der Waals surface area (Å²) in [5, 5.41) is 10.5. The summed E-state index contributed by atoms with van der Waals surface area (Å²) >= 11 is 5.68. The van der Waals surface area contributed by atoms with E-state index in [0.29, 0.717) is 0 Å². The summed E-state index contributed by atoms with van der Waals surface area (Å²) in [6.45, 7) is 0. The Bertz CT molecular complexity index is 449. The van der Waals surface area contributed by atoms with Crippen molar-refractivity contribution < 1.29 is 14.5 Å². The summed E-state index contributed by atoms with van der Waals surface area (Å²) in [4.78, 5) is 31.1. The highest BCUT2D eigenvalue weighted by Gasteiger charge is 2.15. The Kier molecular flexibility index (Phi) is 3.78. The van der Waals surface area contributed by atoms with Gasteiger partial charge in [-0.2, -0.15) is 0 Å². The Morgan fingerprint density at radius 3 is 2.75 bits per heavy atom. The first kappa shape index (κ1) is 11.9. The van der Waals surface area contributed by atoms with E-state index in [2.05, 4.69) is 0 Å². The lowest BCUT2D eigenvalue weighted by Crippen LogP contribution is -2.36. The van der Waals surface area contributed by atoms with Gasteiger partial charge in [0.05, 0.1) is 15.5 Å². The van der Waals surface area contributed by atoms with Crippen LogP contribution in [0.1, 0.15) is 10.4 Å². The highest BCUT2D eigenvalue weighted by Crippen LogP contribution is 2.21. The molecule has 0 heterocycles. The predicted octanol–water partition coefficient (Wildman–Crippen LogP) is 0.639. The zero-order chi connectivity index (χ0) is 12.1. The maximum Gasteiger partial charge on any atom is 0.271 e. The number of rotatable bonds is 4. The zero-order valence-electron chi connectivity index (χ0n) is 7.77. The lowest BCUT2D eigenvalue weighted by molar-refractivity contribution is -0.384. The van der Waals surface area contributed by atoms with E-state index in [1.54, 1.807) is 0 Å². The van der Waals surface area contributed by atoms with Crippen LogP contribution < -0.4 is 10.9 Å². The molecule has 0 unspecified atom stereocenters. The van der Waals surface area contributed by atoms with E-state index in [4.69, 9.17) is 11.6 Å². The number of nitrogens with one attached hydrogen (secondary N) is 2. The molecule has 8 heteroatoms. The largest absolute Gasteiger partial charge is 0.277 e. The summed E-state index contributed by atoms with van der Waals surface area (Å²) < 4.78 is 0. The molecule has 2 N–H and O–H groups in total. The fraction of sp³-hybridized carbons (Fsp3) is 0. The molecule has 2 amide bonds. The molecule has 0 aliphatic heterocycles. The molecule has 0 spiro atoms. The molecule has 0 saturated carbocycles. The van der Waals surface area contributed by atoms with Crippen LogP contribution in [0.25, 0.3) is 0 Å². The summed E-state index contributed by atoms with van der Waals surface area (Å²) in [6, 6.07) is 3.42. The maximum absolute atomic E-state index is 11.4. The second-order valence-corrected chi connectivity index (χ2v) is 3.04. The third-order valence-corrected chi connectivity index (χ3v) is 1.98. The van der Waals surface area contributed by atoms with Crippen LogP contribution in [0.5, 0.6) is 0 Å². The van der Waals surface area contributed by atoms with Crippen molar-refractivity contribution in [2.24, 2.45) is 0 Å². The number of amides is 2. The van der Waals surface area contributed by atoms with E-state index in [1.165, 1.54) is 12.1 Å². The number of halogens is 1. The number of nitro groups is 1. The van der Waals surface area contributed by atoms with Gasteiger partial charge in [-0.25, -0.2) is 0 Å². The molecule has 1 rings (SSSR count). The lowest BCUT2D eigenvalue weighted by Gasteiger charge is -2.04. The average molecular weight is 244 g/mol. The first-order chi connectivity index (χ1) is 7.56. The quantitative estimate of drug-likeness (QED) is 0.460. The van der Waals surface area contributed by atoms with Crippen LogP contribution in [0.3, 0.4) is 0 Å². The van der Waals surface area contributed by atoms with Gasteiger partial charge in [-0.15, -0.1) is 0 Å². The number of hydrogen-bond donors (Lipinski definition) is 2. The smallest absolute Gasteiger partial charge is 0.271 e. The average Bonchev–Trinajstić information content (AvgIpc) is 2.26. The van der Waals surface area contributed by atoms with E-state index in [-0.39, 0.29) is 22.7 Å². The van der Waals surface area contributed by atoms with Gasteiger partial charge in [-0.1, -0.05) is 11.6 Å². The molecule has 0 aromatic heterocycles. The minimum atomic E-state index is -0.735. The monoisotopic (exact) mass is 243 g/mol. The summed E-state index contributed by atoms with van der Waals surface area (Å²) in [7, 11) is 0. The molecular weight excluding hydrogens is 238 g/mol. The molecule has 0 aliphatic rings. The molecule has 0 saturated heterocycles. The van der Waals surface area contributed by atoms with Crippen molar-refractivity contribution in [2.45, 2.75) is 0 Å². The molecule has 1 aromatic rings. The Morgan fingerprint density at radius 1 is 1.50 bits per heavy atom. The van der Waals surface area contributed by atoms with Crippen LogP contribution in [-0.2, 0) is 4.79 Å². The fourth-order valence-corrected chi connectivity index (χ4v) is 1.17. The number of carbonyl (C=O) groups excluding carboxylic acids is 2. The van der Waals surface area contributed by atoms with Crippen molar-refractivity contribution >= 4 is 29.6 Å². The second-order valence-electron chi connectivity index (χ2n) is 2.64. The van der Waals surface area contributed by atoms with E-state index in [1.807, 2.05) is 10.9 Å².